The molecule has 10 aliphatic rings. The fourth-order valence-electron chi connectivity index (χ4n) is 21.7. The van der Waals surface area contributed by atoms with Crippen molar-refractivity contribution in [3.63, 3.8) is 0 Å². The summed E-state index contributed by atoms with van der Waals surface area (Å²) < 4.78 is 58.5. The summed E-state index contributed by atoms with van der Waals surface area (Å²) in [5.41, 5.74) is 0.144. The van der Waals surface area contributed by atoms with E-state index in [1.807, 2.05) is 65.0 Å². The minimum absolute atomic E-state index is 0. The number of carbonyl (C=O) groups is 10. The first kappa shape index (κ1) is 125. The van der Waals surface area contributed by atoms with Gasteiger partial charge in [-0.1, -0.05) is 186 Å². The molecule has 4 amide bonds. The van der Waals surface area contributed by atoms with Gasteiger partial charge in [-0.15, -0.1) is 6.58 Å². The number of piperidine rings is 1. The number of aliphatic hydroxyl groups excluding tert-OH is 7. The highest BCUT2D eigenvalue weighted by atomic mass is 35.5. The molecule has 2 aliphatic carbocycles. The summed E-state index contributed by atoms with van der Waals surface area (Å²) in [6.45, 7) is 34.4. The van der Waals surface area contributed by atoms with Crippen molar-refractivity contribution in [1.82, 2.24) is 10.2 Å². The third-order valence-corrected chi connectivity index (χ3v) is 32.1. The third kappa shape index (κ3) is 28.9. The molecule has 12 rings (SSSR count). The molecule has 12 N–H and O–H groups in total. The van der Waals surface area contributed by atoms with Gasteiger partial charge >= 0.3 is 18.0 Å². The van der Waals surface area contributed by atoms with E-state index >= 15 is 0 Å². The van der Waals surface area contributed by atoms with Crippen molar-refractivity contribution in [2.45, 2.75) is 343 Å². The Labute approximate surface area is 885 Å². The van der Waals surface area contributed by atoms with Crippen LogP contribution in [0.1, 0.15) is 233 Å². The van der Waals surface area contributed by atoms with Crippen LogP contribution in [0.2, 0.25) is 10.0 Å². The first-order valence-corrected chi connectivity index (χ1v) is 52.1. The summed E-state index contributed by atoms with van der Waals surface area (Å²) in [6.07, 6.45) is 6.19. The molecular formula is C112H162Cl2N4O31. The van der Waals surface area contributed by atoms with Gasteiger partial charge < -0.3 is 113 Å². The van der Waals surface area contributed by atoms with Crippen LogP contribution in [0.5, 0.6) is 17.2 Å². The molecule has 3 unspecified atom stereocenters. The molecule has 2 aromatic rings. The van der Waals surface area contributed by atoms with Crippen LogP contribution in [0.3, 0.4) is 0 Å². The zero-order valence-electron chi connectivity index (χ0n) is 89.7. The number of carbonyl (C=O) groups excluding carboxylic acids is 10. The zero-order valence-corrected chi connectivity index (χ0v) is 91.3. The van der Waals surface area contributed by atoms with Gasteiger partial charge in [0.1, 0.15) is 80.6 Å². The lowest BCUT2D eigenvalue weighted by atomic mass is 9.76. The van der Waals surface area contributed by atoms with Crippen LogP contribution in [0.25, 0.3) is 5.57 Å². The molecule has 149 heavy (non-hydrogen) atoms. The Hall–Kier alpha value is -9.09. The van der Waals surface area contributed by atoms with Crippen molar-refractivity contribution < 1.29 is 151 Å². The lowest BCUT2D eigenvalue weighted by Gasteiger charge is -2.47. The van der Waals surface area contributed by atoms with Crippen LogP contribution >= 0.6 is 23.2 Å². The van der Waals surface area contributed by atoms with Gasteiger partial charge in [0.2, 0.25) is 11.7 Å². The van der Waals surface area contributed by atoms with E-state index in [-0.39, 0.29) is 91.9 Å². The van der Waals surface area contributed by atoms with E-state index in [0.29, 0.717) is 74.8 Å². The van der Waals surface area contributed by atoms with Crippen molar-refractivity contribution >= 4 is 93.3 Å². The highest BCUT2D eigenvalue weighted by Crippen LogP contribution is 2.51. The van der Waals surface area contributed by atoms with Gasteiger partial charge in [0.25, 0.3) is 17.6 Å². The predicted molar refractivity (Wildman–Crippen MR) is 558 cm³/mol. The molecule has 0 spiro atoms. The molecule has 35 nitrogen and oxygen atoms in total. The van der Waals surface area contributed by atoms with Gasteiger partial charge in [0, 0.05) is 124 Å². The summed E-state index contributed by atoms with van der Waals surface area (Å²) in [4.78, 5) is 143. The van der Waals surface area contributed by atoms with Crippen LogP contribution in [0.4, 0.5) is 10.5 Å². The van der Waals surface area contributed by atoms with E-state index in [4.69, 9.17) is 70.6 Å². The van der Waals surface area contributed by atoms with E-state index < -0.39 is 265 Å². The van der Waals surface area contributed by atoms with Crippen LogP contribution in [0, 0.1) is 76.9 Å². The molecule has 4 saturated heterocycles. The number of hydrogen-bond acceptors (Lipinski definition) is 31. The largest absolute Gasteiger partial charge is 0.506 e. The first-order valence-electron chi connectivity index (χ1n) is 51.3. The number of phenolic OH excluding ortho intramolecular Hbond substituents is 2. The number of alkyl carbamates (subject to hydrolysis) is 1. The Balaban J connectivity index is 0.000000274. The summed E-state index contributed by atoms with van der Waals surface area (Å²) >= 11 is 13.1. The number of aliphatic hydroxyl groups is 9. The zero-order chi connectivity index (χ0) is 111. The van der Waals surface area contributed by atoms with Crippen molar-refractivity contribution in [2.24, 2.45) is 81.9 Å². The molecule has 37 heteroatoms. The average Bonchev–Trinajstić information content (AvgIpc) is 1.66. The number of halogens is 2. The number of phenols is 2. The number of esters is 2. The van der Waals surface area contributed by atoms with Gasteiger partial charge in [-0.3, -0.25) is 43.7 Å². The number of rotatable bonds is 11. The summed E-state index contributed by atoms with van der Waals surface area (Å²) in [5, 5.41) is 125. The van der Waals surface area contributed by atoms with Gasteiger partial charge in [-0.25, -0.2) is 14.6 Å². The van der Waals surface area contributed by atoms with Crippen molar-refractivity contribution in [3.8, 4) is 17.2 Å². The van der Waals surface area contributed by atoms with Crippen LogP contribution in [-0.4, -0.2) is 284 Å². The smallest absolute Gasteiger partial charge is 0.409 e. The number of ketones is 4. The first-order chi connectivity index (χ1) is 69.4. The lowest BCUT2D eigenvalue weighted by Crippen LogP contribution is -2.64. The normalized spacial score (nSPS) is 37.9. The Kier molecular flexibility index (Phi) is 45.0. The number of ether oxygens (including phenoxy) is 10. The third-order valence-electron chi connectivity index (χ3n) is 31.4. The number of cyclic esters (lactones) is 1. The van der Waals surface area contributed by atoms with E-state index in [2.05, 4.69) is 16.9 Å². The summed E-state index contributed by atoms with van der Waals surface area (Å²) in [5.74, 6) is -18.0. The van der Waals surface area contributed by atoms with Gasteiger partial charge in [-0.2, -0.15) is 0 Å². The number of amides is 4. The number of fused-ring (bicyclic) bond motifs is 23. The lowest BCUT2D eigenvalue weighted by molar-refractivity contribution is -0.302. The Bertz CT molecular complexity index is 5520. The maximum atomic E-state index is 14.3. The molecule has 8 heterocycles. The fraction of sp³-hybridized carbons (Fsp3) is 0.652. The number of anilines is 1. The standard InChI is InChI=1S/C44H69NO12.C35H46ClNO10.C32H43ClN2O9.CH4/c1-10-13-31-19-25(2)18-26(3)20-37(54-8)40-38(55-9)22-28(5)44(52,57-40)41(49)42(50)45-17-12-11-14-32(45)43(51)56-39(29(6)34(47)24-35(31)48)27(4)21-30-15-16-33(46)36(23-30)53-7;1-13-10-9-11-14(2)35(47)37-25-24(36)33(45)21-22(31(43)20(8)32(44)23(21)34(25)46)28(40)16(4)12-15(3)27(39)18(6)30(42)19(7)29(41)17(5)26(13)38;1-17(2)29(37)43-25-15-26(36)35(6)21-13-20(14-22(40-7)27(21)33)12-18(3)10-9-11-24(41-8)32(39)16-23(42-30(38)34-32)19(4)28-31(25,5)44-28;/h10,19,21,26,28-34,36-40,46-47,52H,1,11-18,20,22-24H2,2-9H3;9-13,15,17-20,26-27,29-30,32,38-39,41-42,44-46H,1-8H3;9-11,13-14,17,19,23-25,28,39H,12,15-16H2,1-8H3,(H,34,38);1H4/b25-19+,27-21+;10-9+,14-11-,16-12-,37-25?;11-9+,18-10-;/t26-,28+,29+,30-,31+,32-,33+,34-,36+,37-,38-,39+,40+,44+;13-,15?,17+,18+,19+,20?,26-,27-,29+,30+,32?;19-,23+,24-,25+,28+,31-,32+;/m001./s1. The van der Waals surface area contributed by atoms with Crippen molar-refractivity contribution in [2.75, 3.05) is 54.0 Å². The Morgan fingerprint density at radius 3 is 1.91 bits per heavy atom. The Morgan fingerprint density at radius 2 is 1.30 bits per heavy atom. The molecule has 830 valence electrons. The highest BCUT2D eigenvalue weighted by molar-refractivity contribution is 6.47. The van der Waals surface area contributed by atoms with Crippen molar-refractivity contribution in [3.05, 3.63) is 139 Å². The number of nitrogens with zero attached hydrogens (tertiary/aromatic N) is 3. The van der Waals surface area contributed by atoms with Gasteiger partial charge in [0.15, 0.2) is 17.3 Å². The number of hydrogen-bond donors (Lipinski definition) is 12. The SMILES string of the molecule is C.C/C1=C/C=C/[C@H](C)[C@H](O)[C@@H](C)[C@@H](O)[C@@H](C)[C@H](O)[C@H](C)[C@@H](O)C(C)/C=C(/C)C(=O)C2=c3c(O)c(Cl)c(c(O)c3C(O)C(C)C2=O)=NC1=O.C=CC[C@@H]1/C=C(\C)C[C@H](C)C[C@H](OC)[C@H]2O[C@@](O)(C(=O)C(=O)N3CCCC[C@H]3C(=O)O[C@H](/C(C)=C/[C@@H]3CC[C@@H](O)[C@H](OC)C3)[C@H](C)[C@@H](O)CC1=O)[C@H](C)C[C@@H]2OC.COc1cc2cc(c1Cl)N(C)C(=O)C[C@H](OC(=O)C(C)C)[C@@]1(C)O[C@H]1[C@H](C)[C@@H]1C[C@@](O)(NC(=O)O1)[C@H](OC)/C=C/C=C(/C)C2. The Morgan fingerprint density at radius 1 is 0.685 bits per heavy atom. The molecule has 32 atom stereocenters. The molecule has 1 saturated carbocycles. The number of methoxy groups -OCH3 is 5. The van der Waals surface area contributed by atoms with E-state index in [0.717, 1.165) is 16.7 Å². The number of Topliss-reactive ketones (excluding diaryl/α,β-unsaturated/α-hetero) is 4. The maximum Gasteiger partial charge on any atom is 0.409 e. The number of benzene rings is 2. The molecular weight excluding hydrogens is 1970 g/mol. The van der Waals surface area contributed by atoms with Gasteiger partial charge in [-0.05, 0) is 153 Å². The number of epoxide rings is 1. The van der Waals surface area contributed by atoms with Crippen LogP contribution in [-0.2, 0) is 92.2 Å². The van der Waals surface area contributed by atoms with E-state index in [1.165, 1.54) is 77.2 Å². The topological polar surface area (TPSA) is 520 Å². The molecule has 0 radical (unpaired) electrons. The average molecular weight is 2130 g/mol. The van der Waals surface area contributed by atoms with E-state index in [9.17, 15) is 104 Å². The fourth-order valence-corrected chi connectivity index (χ4v) is 22.2. The number of aromatic hydroxyl groups is 2. The highest BCUT2D eigenvalue weighted by Gasteiger charge is 2.65. The molecule has 10 bridgehead atoms. The second-order valence-corrected chi connectivity index (χ2v) is 43.6. The minimum atomic E-state index is -2.51. The number of allylic oxidation sites excluding steroid dienone is 10. The van der Waals surface area contributed by atoms with Crippen LogP contribution in [0.15, 0.2) is 112 Å². The number of nitrogens with one attached hydrogen (secondary N) is 1. The second kappa shape index (κ2) is 53.7. The maximum absolute atomic E-state index is 14.3. The van der Waals surface area contributed by atoms with E-state index in [1.54, 1.807) is 108 Å². The quantitative estimate of drug-likeness (QED) is 0.0248. The molecule has 5 fully saturated rings. The van der Waals surface area contributed by atoms with Crippen molar-refractivity contribution in [1.29, 1.82) is 0 Å². The van der Waals surface area contributed by atoms with Gasteiger partial charge in [0.05, 0.1) is 104 Å². The predicted octanol–water partition coefficient (Wildman–Crippen LogP) is 11.6. The summed E-state index contributed by atoms with van der Waals surface area (Å²) in [7, 11) is 9.17. The molecule has 0 aromatic heterocycles. The molecule has 8 aliphatic heterocycles. The second-order valence-electron chi connectivity index (χ2n) is 42.9. The monoisotopic (exact) mass is 2130 g/mol. The summed E-state index contributed by atoms with van der Waals surface area (Å²) in [6, 6.07) is 2.49. The van der Waals surface area contributed by atoms with Crippen LogP contribution < -0.4 is 25.5 Å². The molecule has 2 aromatic carbocycles. The minimum Gasteiger partial charge on any atom is -0.506 e.